The quantitative estimate of drug-likeness (QED) is 0.752. The van der Waals surface area contributed by atoms with Gasteiger partial charge in [-0.25, -0.2) is 4.98 Å². The summed E-state index contributed by atoms with van der Waals surface area (Å²) in [7, 11) is 1.59. The SMILES string of the molecule is COc1ccc2occ(Br)c2n1. The molecule has 0 aliphatic carbocycles. The third-order valence-corrected chi connectivity index (χ3v) is 2.12. The van der Waals surface area contributed by atoms with Crippen LogP contribution in [0.25, 0.3) is 11.1 Å². The molecule has 0 aliphatic heterocycles. The predicted molar refractivity (Wildman–Crippen MR) is 48.3 cm³/mol. The molecule has 0 amide bonds. The summed E-state index contributed by atoms with van der Waals surface area (Å²) in [5.74, 6) is 0.588. The molecule has 2 aromatic rings. The van der Waals surface area contributed by atoms with Crippen molar-refractivity contribution in [1.82, 2.24) is 4.98 Å². The molecule has 0 saturated carbocycles. The maximum Gasteiger partial charge on any atom is 0.213 e. The fourth-order valence-electron chi connectivity index (χ4n) is 0.979. The molecule has 3 nitrogen and oxygen atoms in total. The van der Waals surface area contributed by atoms with Crippen LogP contribution in [0.1, 0.15) is 0 Å². The van der Waals surface area contributed by atoms with Crippen molar-refractivity contribution in [2.75, 3.05) is 7.11 Å². The van der Waals surface area contributed by atoms with Gasteiger partial charge in [-0.05, 0) is 22.0 Å². The van der Waals surface area contributed by atoms with Crippen LogP contribution in [0, 0.1) is 0 Å². The predicted octanol–water partition coefficient (Wildman–Crippen LogP) is 2.60. The van der Waals surface area contributed by atoms with Crippen LogP contribution in [-0.4, -0.2) is 12.1 Å². The fraction of sp³-hybridized carbons (Fsp3) is 0.125. The lowest BCUT2D eigenvalue weighted by Crippen LogP contribution is -1.85. The van der Waals surface area contributed by atoms with Gasteiger partial charge in [0, 0.05) is 6.07 Å². The summed E-state index contributed by atoms with van der Waals surface area (Å²) in [6.07, 6.45) is 1.61. The van der Waals surface area contributed by atoms with Gasteiger partial charge in [0.1, 0.15) is 11.8 Å². The van der Waals surface area contributed by atoms with Crippen molar-refractivity contribution < 1.29 is 9.15 Å². The topological polar surface area (TPSA) is 35.3 Å². The minimum atomic E-state index is 0.588. The Hall–Kier alpha value is -1.03. The second-order valence-corrected chi connectivity index (χ2v) is 3.14. The zero-order valence-corrected chi connectivity index (χ0v) is 7.96. The third kappa shape index (κ3) is 1.08. The van der Waals surface area contributed by atoms with E-state index in [0.29, 0.717) is 5.88 Å². The van der Waals surface area contributed by atoms with Crippen LogP contribution in [0.4, 0.5) is 0 Å². The maximum atomic E-state index is 5.18. The van der Waals surface area contributed by atoms with E-state index in [1.807, 2.05) is 6.07 Å². The van der Waals surface area contributed by atoms with Gasteiger partial charge in [0.15, 0.2) is 5.58 Å². The van der Waals surface area contributed by atoms with E-state index >= 15 is 0 Å². The number of aromatic nitrogens is 1. The number of hydrogen-bond donors (Lipinski definition) is 0. The molecule has 0 atom stereocenters. The van der Waals surface area contributed by atoms with Gasteiger partial charge >= 0.3 is 0 Å². The molecule has 0 aliphatic rings. The Kier molecular flexibility index (Phi) is 1.77. The zero-order chi connectivity index (χ0) is 8.55. The van der Waals surface area contributed by atoms with Gasteiger partial charge in [0.25, 0.3) is 0 Å². The second-order valence-electron chi connectivity index (χ2n) is 2.28. The number of nitrogens with zero attached hydrogens (tertiary/aromatic N) is 1. The summed E-state index contributed by atoms with van der Waals surface area (Å²) in [5.41, 5.74) is 1.54. The summed E-state index contributed by atoms with van der Waals surface area (Å²) in [4.78, 5) is 4.19. The van der Waals surface area contributed by atoms with Gasteiger partial charge in [-0.2, -0.15) is 0 Å². The van der Waals surface area contributed by atoms with Gasteiger partial charge in [0.05, 0.1) is 11.6 Å². The molecular formula is C8H6BrNO2. The van der Waals surface area contributed by atoms with E-state index in [4.69, 9.17) is 9.15 Å². The van der Waals surface area contributed by atoms with Gasteiger partial charge < -0.3 is 9.15 Å². The molecule has 12 heavy (non-hydrogen) atoms. The lowest BCUT2D eigenvalue weighted by atomic mass is 10.4. The monoisotopic (exact) mass is 227 g/mol. The van der Waals surface area contributed by atoms with Crippen molar-refractivity contribution >= 4 is 27.0 Å². The molecule has 62 valence electrons. The Morgan fingerprint density at radius 2 is 2.33 bits per heavy atom. The van der Waals surface area contributed by atoms with Gasteiger partial charge in [0.2, 0.25) is 5.88 Å². The van der Waals surface area contributed by atoms with Crippen LogP contribution in [0.3, 0.4) is 0 Å². The Bertz CT molecular complexity index is 410. The molecular weight excluding hydrogens is 222 g/mol. The van der Waals surface area contributed by atoms with Crippen LogP contribution in [-0.2, 0) is 0 Å². The molecule has 0 N–H and O–H groups in total. The number of hydrogen-bond acceptors (Lipinski definition) is 3. The Morgan fingerprint density at radius 3 is 3.08 bits per heavy atom. The molecule has 4 heteroatoms. The van der Waals surface area contributed by atoms with E-state index < -0.39 is 0 Å². The van der Waals surface area contributed by atoms with Crippen LogP contribution >= 0.6 is 15.9 Å². The third-order valence-electron chi connectivity index (χ3n) is 1.56. The number of rotatable bonds is 1. The van der Waals surface area contributed by atoms with E-state index in [2.05, 4.69) is 20.9 Å². The zero-order valence-electron chi connectivity index (χ0n) is 6.37. The fourth-order valence-corrected chi connectivity index (χ4v) is 1.36. The normalized spacial score (nSPS) is 10.5. The van der Waals surface area contributed by atoms with Crippen molar-refractivity contribution in [3.8, 4) is 5.88 Å². The first-order chi connectivity index (χ1) is 5.81. The van der Waals surface area contributed by atoms with Crippen LogP contribution in [0.2, 0.25) is 0 Å². The van der Waals surface area contributed by atoms with Crippen LogP contribution in [0.15, 0.2) is 27.3 Å². The highest BCUT2D eigenvalue weighted by molar-refractivity contribution is 9.10. The molecule has 0 fully saturated rings. The first-order valence-corrected chi connectivity index (χ1v) is 4.18. The standard InChI is InChI=1S/C8H6BrNO2/c1-11-7-3-2-6-8(10-7)5(9)4-12-6/h2-4H,1H3. The molecule has 0 bridgehead atoms. The highest BCUT2D eigenvalue weighted by Crippen LogP contribution is 2.25. The number of pyridine rings is 1. The summed E-state index contributed by atoms with van der Waals surface area (Å²) in [6.45, 7) is 0. The smallest absolute Gasteiger partial charge is 0.213 e. The van der Waals surface area contributed by atoms with Gasteiger partial charge in [-0.15, -0.1) is 0 Å². The average Bonchev–Trinajstić information content (AvgIpc) is 2.47. The van der Waals surface area contributed by atoms with Crippen molar-refractivity contribution in [2.24, 2.45) is 0 Å². The molecule has 0 radical (unpaired) electrons. The van der Waals surface area contributed by atoms with Crippen LogP contribution in [0.5, 0.6) is 5.88 Å². The molecule has 0 unspecified atom stereocenters. The molecule has 0 saturated heterocycles. The first-order valence-electron chi connectivity index (χ1n) is 3.39. The van der Waals surface area contributed by atoms with Gasteiger partial charge in [-0.1, -0.05) is 0 Å². The van der Waals surface area contributed by atoms with Crippen LogP contribution < -0.4 is 4.74 Å². The number of methoxy groups -OCH3 is 1. The summed E-state index contributed by atoms with van der Waals surface area (Å²) < 4.78 is 11.0. The maximum absolute atomic E-state index is 5.18. The van der Waals surface area contributed by atoms with E-state index in [1.54, 1.807) is 19.4 Å². The largest absolute Gasteiger partial charge is 0.481 e. The van der Waals surface area contributed by atoms with E-state index in [9.17, 15) is 0 Å². The van der Waals surface area contributed by atoms with E-state index in [-0.39, 0.29) is 0 Å². The summed E-state index contributed by atoms with van der Waals surface area (Å²) >= 11 is 3.32. The lowest BCUT2D eigenvalue weighted by molar-refractivity contribution is 0.399. The molecule has 2 aromatic heterocycles. The van der Waals surface area contributed by atoms with Crippen molar-refractivity contribution in [2.45, 2.75) is 0 Å². The second kappa shape index (κ2) is 2.79. The molecule has 0 aromatic carbocycles. The summed E-state index contributed by atoms with van der Waals surface area (Å²) in [5, 5.41) is 0. The van der Waals surface area contributed by atoms with Crippen molar-refractivity contribution in [1.29, 1.82) is 0 Å². The highest BCUT2D eigenvalue weighted by Gasteiger charge is 2.05. The minimum absolute atomic E-state index is 0.588. The summed E-state index contributed by atoms with van der Waals surface area (Å²) in [6, 6.07) is 3.59. The van der Waals surface area contributed by atoms with Gasteiger partial charge in [-0.3, -0.25) is 0 Å². The van der Waals surface area contributed by atoms with Crippen molar-refractivity contribution in [3.63, 3.8) is 0 Å². The average molecular weight is 228 g/mol. The molecule has 0 spiro atoms. The Morgan fingerprint density at radius 1 is 1.50 bits per heavy atom. The highest BCUT2D eigenvalue weighted by atomic mass is 79.9. The van der Waals surface area contributed by atoms with E-state index in [0.717, 1.165) is 15.6 Å². The molecule has 2 rings (SSSR count). The van der Waals surface area contributed by atoms with E-state index in [1.165, 1.54) is 0 Å². The Balaban J connectivity index is 2.71. The Labute approximate surface area is 77.5 Å². The number of ether oxygens (including phenoxy) is 1. The number of furan rings is 1. The number of fused-ring (bicyclic) bond motifs is 1. The number of halogens is 1. The van der Waals surface area contributed by atoms with Crippen molar-refractivity contribution in [3.05, 3.63) is 22.9 Å². The minimum Gasteiger partial charge on any atom is -0.481 e. The molecule has 2 heterocycles. The first kappa shape index (κ1) is 7.61. The lowest BCUT2D eigenvalue weighted by Gasteiger charge is -1.96.